The number of carbonyl (C=O) groups is 2. The van der Waals surface area contributed by atoms with E-state index in [9.17, 15) is 9.59 Å². The number of rotatable bonds is 6. The molecule has 1 atom stereocenters. The van der Waals surface area contributed by atoms with Crippen molar-refractivity contribution in [3.63, 3.8) is 0 Å². The van der Waals surface area contributed by atoms with Crippen molar-refractivity contribution in [2.45, 2.75) is 25.4 Å². The Kier molecular flexibility index (Phi) is 5.86. The summed E-state index contributed by atoms with van der Waals surface area (Å²) >= 11 is 0. The first kappa shape index (κ1) is 17.9. The van der Waals surface area contributed by atoms with Gasteiger partial charge in [0, 0.05) is 18.0 Å². The van der Waals surface area contributed by atoms with E-state index < -0.39 is 0 Å². The van der Waals surface area contributed by atoms with Gasteiger partial charge in [-0.25, -0.2) is 0 Å². The molecule has 6 heteroatoms. The molecule has 2 amide bonds. The summed E-state index contributed by atoms with van der Waals surface area (Å²) in [5.41, 5.74) is 2.26. The van der Waals surface area contributed by atoms with Crippen LogP contribution in [0.1, 0.15) is 18.4 Å². The number of methoxy groups -OCH3 is 1. The van der Waals surface area contributed by atoms with Crippen LogP contribution in [-0.4, -0.2) is 31.6 Å². The molecular weight excluding hydrogens is 332 g/mol. The molecule has 1 heterocycles. The molecule has 2 aromatic rings. The van der Waals surface area contributed by atoms with Crippen LogP contribution in [0.25, 0.3) is 0 Å². The van der Waals surface area contributed by atoms with Gasteiger partial charge >= 0.3 is 0 Å². The summed E-state index contributed by atoms with van der Waals surface area (Å²) in [6.45, 7) is 0.636. The van der Waals surface area contributed by atoms with Gasteiger partial charge in [0.05, 0.1) is 13.5 Å². The molecule has 136 valence electrons. The third-order valence-corrected chi connectivity index (χ3v) is 4.18. The highest BCUT2D eigenvalue weighted by atomic mass is 16.5. The summed E-state index contributed by atoms with van der Waals surface area (Å²) in [5.74, 6) is 0.528. The van der Waals surface area contributed by atoms with Crippen LogP contribution in [0.2, 0.25) is 0 Å². The number of nitrogens with one attached hydrogen (secondary N) is 2. The molecule has 1 aliphatic rings. The Balaban J connectivity index is 1.51. The van der Waals surface area contributed by atoms with Crippen LogP contribution in [0.3, 0.4) is 0 Å². The Labute approximate surface area is 152 Å². The van der Waals surface area contributed by atoms with Gasteiger partial charge in [-0.15, -0.1) is 0 Å². The van der Waals surface area contributed by atoms with Crippen LogP contribution in [0.15, 0.2) is 48.5 Å². The van der Waals surface area contributed by atoms with Crippen molar-refractivity contribution in [1.82, 2.24) is 0 Å². The van der Waals surface area contributed by atoms with Crippen LogP contribution in [0.4, 0.5) is 11.4 Å². The lowest BCUT2D eigenvalue weighted by molar-refractivity contribution is -0.124. The molecule has 3 rings (SSSR count). The monoisotopic (exact) mass is 354 g/mol. The van der Waals surface area contributed by atoms with E-state index in [4.69, 9.17) is 9.47 Å². The van der Waals surface area contributed by atoms with Gasteiger partial charge < -0.3 is 20.1 Å². The standard InChI is InChI=1S/C20H22N2O4/c1-25-17-10-4-14(5-11-17)13-19(23)21-15-6-8-16(9-7-15)22-20(24)18-3-2-12-26-18/h4-11,18H,2-3,12-13H2,1H3,(H,21,23)(H,22,24)/t18-/m0/s1. The van der Waals surface area contributed by atoms with Crippen LogP contribution in [-0.2, 0) is 20.7 Å². The first-order chi connectivity index (χ1) is 12.6. The Morgan fingerprint density at radius 2 is 1.69 bits per heavy atom. The normalized spacial score (nSPS) is 16.1. The van der Waals surface area contributed by atoms with Gasteiger partial charge in [-0.05, 0) is 54.8 Å². The molecule has 0 unspecified atom stereocenters. The number of carbonyl (C=O) groups excluding carboxylic acids is 2. The van der Waals surface area contributed by atoms with Crippen molar-refractivity contribution in [2.75, 3.05) is 24.4 Å². The summed E-state index contributed by atoms with van der Waals surface area (Å²) in [6, 6.07) is 14.4. The molecule has 0 bridgehead atoms. The van der Waals surface area contributed by atoms with E-state index >= 15 is 0 Å². The van der Waals surface area contributed by atoms with Gasteiger partial charge in [0.1, 0.15) is 11.9 Å². The molecule has 0 spiro atoms. The Morgan fingerprint density at radius 3 is 2.27 bits per heavy atom. The number of hydrogen-bond acceptors (Lipinski definition) is 4. The summed E-state index contributed by atoms with van der Waals surface area (Å²) < 4.78 is 10.5. The van der Waals surface area contributed by atoms with Crippen LogP contribution >= 0.6 is 0 Å². The number of ether oxygens (including phenoxy) is 2. The maximum Gasteiger partial charge on any atom is 0.253 e. The minimum Gasteiger partial charge on any atom is -0.497 e. The van der Waals surface area contributed by atoms with E-state index in [0.717, 1.165) is 24.2 Å². The molecule has 0 aliphatic carbocycles. The van der Waals surface area contributed by atoms with Crippen LogP contribution in [0.5, 0.6) is 5.75 Å². The molecule has 0 radical (unpaired) electrons. The molecule has 26 heavy (non-hydrogen) atoms. The third kappa shape index (κ3) is 4.83. The molecule has 1 aliphatic heterocycles. The zero-order valence-corrected chi connectivity index (χ0v) is 14.7. The van der Waals surface area contributed by atoms with Crippen molar-refractivity contribution in [2.24, 2.45) is 0 Å². The smallest absolute Gasteiger partial charge is 0.253 e. The number of benzene rings is 2. The second-order valence-electron chi connectivity index (χ2n) is 6.14. The molecule has 2 aromatic carbocycles. The highest BCUT2D eigenvalue weighted by Crippen LogP contribution is 2.18. The quantitative estimate of drug-likeness (QED) is 0.836. The Hall–Kier alpha value is -2.86. The number of anilines is 2. The highest BCUT2D eigenvalue weighted by molar-refractivity contribution is 5.95. The van der Waals surface area contributed by atoms with E-state index in [2.05, 4.69) is 10.6 Å². The first-order valence-corrected chi connectivity index (χ1v) is 8.59. The largest absolute Gasteiger partial charge is 0.497 e. The average molecular weight is 354 g/mol. The lowest BCUT2D eigenvalue weighted by Gasteiger charge is -2.11. The zero-order valence-electron chi connectivity index (χ0n) is 14.7. The van der Waals surface area contributed by atoms with E-state index in [0.29, 0.717) is 18.0 Å². The van der Waals surface area contributed by atoms with Crippen molar-refractivity contribution in [1.29, 1.82) is 0 Å². The summed E-state index contributed by atoms with van der Waals surface area (Å²) in [5, 5.41) is 5.67. The zero-order chi connectivity index (χ0) is 18.4. The maximum absolute atomic E-state index is 12.1. The molecule has 0 saturated carbocycles. The van der Waals surface area contributed by atoms with Gasteiger partial charge in [-0.3, -0.25) is 9.59 Å². The highest BCUT2D eigenvalue weighted by Gasteiger charge is 2.23. The van der Waals surface area contributed by atoms with Gasteiger partial charge in [-0.2, -0.15) is 0 Å². The SMILES string of the molecule is COc1ccc(CC(=O)Nc2ccc(NC(=O)[C@@H]3CCCO3)cc2)cc1. The van der Waals surface area contributed by atoms with Crippen molar-refractivity contribution < 1.29 is 19.1 Å². The van der Waals surface area contributed by atoms with E-state index in [-0.39, 0.29) is 24.3 Å². The fourth-order valence-corrected chi connectivity index (χ4v) is 2.78. The fourth-order valence-electron chi connectivity index (χ4n) is 2.78. The van der Waals surface area contributed by atoms with Gasteiger partial charge in [0.25, 0.3) is 5.91 Å². The first-order valence-electron chi connectivity index (χ1n) is 8.59. The van der Waals surface area contributed by atoms with Gasteiger partial charge in [-0.1, -0.05) is 12.1 Å². The molecule has 2 N–H and O–H groups in total. The lowest BCUT2D eigenvalue weighted by atomic mass is 10.1. The second-order valence-corrected chi connectivity index (χ2v) is 6.14. The van der Waals surface area contributed by atoms with Crippen LogP contribution in [0, 0.1) is 0 Å². The minimum absolute atomic E-state index is 0.105. The van der Waals surface area contributed by atoms with E-state index in [1.807, 2.05) is 24.3 Å². The summed E-state index contributed by atoms with van der Waals surface area (Å²) in [6.07, 6.45) is 1.59. The molecule has 1 fully saturated rings. The predicted molar refractivity (Wildman–Crippen MR) is 99.4 cm³/mol. The molecule has 0 aromatic heterocycles. The molecule has 1 saturated heterocycles. The summed E-state index contributed by atoms with van der Waals surface area (Å²) in [4.78, 5) is 24.2. The average Bonchev–Trinajstić information content (AvgIpc) is 3.19. The maximum atomic E-state index is 12.1. The minimum atomic E-state index is -0.362. The topological polar surface area (TPSA) is 76.7 Å². The van der Waals surface area contributed by atoms with Crippen molar-refractivity contribution >= 4 is 23.2 Å². The number of hydrogen-bond donors (Lipinski definition) is 2. The van der Waals surface area contributed by atoms with Crippen molar-refractivity contribution in [3.8, 4) is 5.75 Å². The second kappa shape index (κ2) is 8.49. The number of amides is 2. The summed E-state index contributed by atoms with van der Waals surface area (Å²) in [7, 11) is 1.61. The van der Waals surface area contributed by atoms with E-state index in [1.54, 1.807) is 31.4 Å². The Morgan fingerprint density at radius 1 is 1.04 bits per heavy atom. The van der Waals surface area contributed by atoms with Gasteiger partial charge in [0.2, 0.25) is 5.91 Å². The fraction of sp³-hybridized carbons (Fsp3) is 0.300. The molecule has 6 nitrogen and oxygen atoms in total. The Bertz CT molecular complexity index is 750. The predicted octanol–water partition coefficient (Wildman–Crippen LogP) is 2.99. The molecular formula is C20H22N2O4. The third-order valence-electron chi connectivity index (χ3n) is 4.18. The lowest BCUT2D eigenvalue weighted by Crippen LogP contribution is -2.26. The van der Waals surface area contributed by atoms with Crippen molar-refractivity contribution in [3.05, 3.63) is 54.1 Å². The van der Waals surface area contributed by atoms with E-state index in [1.165, 1.54) is 0 Å². The van der Waals surface area contributed by atoms with Gasteiger partial charge in [0.15, 0.2) is 0 Å². The van der Waals surface area contributed by atoms with Crippen LogP contribution < -0.4 is 15.4 Å².